The quantitative estimate of drug-likeness (QED) is 0.800. The van der Waals surface area contributed by atoms with Crippen molar-refractivity contribution >= 4 is 11.4 Å². The Labute approximate surface area is 104 Å². The predicted molar refractivity (Wildman–Crippen MR) is 72.6 cm³/mol. The molecule has 1 aliphatic rings. The Kier molecular flexibility index (Phi) is 3.46. The van der Waals surface area contributed by atoms with Crippen LogP contribution in [-0.2, 0) is 0 Å². The van der Waals surface area contributed by atoms with E-state index in [2.05, 4.69) is 18.7 Å². The molecule has 1 aromatic carbocycles. The third-order valence-corrected chi connectivity index (χ3v) is 3.91. The van der Waals surface area contributed by atoms with Gasteiger partial charge in [0.1, 0.15) is 5.75 Å². The van der Waals surface area contributed by atoms with Crippen LogP contribution in [0.3, 0.4) is 0 Å². The highest BCUT2D eigenvalue weighted by Gasteiger charge is 2.24. The maximum Gasteiger partial charge on any atom is 0.121 e. The van der Waals surface area contributed by atoms with Crippen molar-refractivity contribution in [2.75, 3.05) is 30.8 Å². The van der Waals surface area contributed by atoms with Crippen LogP contribution in [0.25, 0.3) is 0 Å². The molecule has 94 valence electrons. The van der Waals surface area contributed by atoms with Crippen LogP contribution in [0.5, 0.6) is 5.75 Å². The van der Waals surface area contributed by atoms with E-state index in [1.54, 1.807) is 7.11 Å². The van der Waals surface area contributed by atoms with Crippen LogP contribution in [0.1, 0.15) is 20.3 Å². The fourth-order valence-electron chi connectivity index (χ4n) is 2.41. The molecule has 2 rings (SSSR count). The monoisotopic (exact) mass is 234 g/mol. The van der Waals surface area contributed by atoms with Gasteiger partial charge in [-0.3, -0.25) is 0 Å². The first-order valence-corrected chi connectivity index (χ1v) is 6.30. The van der Waals surface area contributed by atoms with E-state index in [-0.39, 0.29) is 0 Å². The molecule has 2 N–H and O–H groups in total. The van der Waals surface area contributed by atoms with Gasteiger partial charge in [0.05, 0.1) is 18.5 Å². The summed E-state index contributed by atoms with van der Waals surface area (Å²) in [7, 11) is 1.69. The lowest BCUT2D eigenvalue weighted by Crippen LogP contribution is -2.38. The molecular weight excluding hydrogens is 212 g/mol. The lowest BCUT2D eigenvalue weighted by atomic mass is 9.88. The molecule has 2 unspecified atom stereocenters. The Morgan fingerprint density at radius 3 is 2.71 bits per heavy atom. The van der Waals surface area contributed by atoms with Gasteiger partial charge >= 0.3 is 0 Å². The van der Waals surface area contributed by atoms with E-state index in [4.69, 9.17) is 10.5 Å². The zero-order chi connectivity index (χ0) is 12.4. The van der Waals surface area contributed by atoms with Crippen molar-refractivity contribution in [1.82, 2.24) is 0 Å². The molecule has 1 aliphatic heterocycles. The number of nitrogens with zero attached hydrogens (tertiary/aromatic N) is 1. The van der Waals surface area contributed by atoms with Crippen LogP contribution in [0, 0.1) is 11.8 Å². The molecule has 0 aliphatic carbocycles. The summed E-state index contributed by atoms with van der Waals surface area (Å²) in [4.78, 5) is 2.38. The van der Waals surface area contributed by atoms with Crippen LogP contribution in [0.2, 0.25) is 0 Å². The van der Waals surface area contributed by atoms with Crippen LogP contribution < -0.4 is 15.4 Å². The average molecular weight is 234 g/mol. The Hall–Kier alpha value is -1.38. The summed E-state index contributed by atoms with van der Waals surface area (Å²) in [6, 6.07) is 5.88. The highest BCUT2D eigenvalue weighted by Crippen LogP contribution is 2.32. The van der Waals surface area contributed by atoms with Gasteiger partial charge in [0.2, 0.25) is 0 Å². The summed E-state index contributed by atoms with van der Waals surface area (Å²) < 4.78 is 5.27. The van der Waals surface area contributed by atoms with Gasteiger partial charge in [0, 0.05) is 19.2 Å². The molecular formula is C14H22N2O. The van der Waals surface area contributed by atoms with Crippen LogP contribution in [0.15, 0.2) is 18.2 Å². The molecule has 1 fully saturated rings. The maximum atomic E-state index is 6.06. The minimum Gasteiger partial charge on any atom is -0.497 e. The third-order valence-electron chi connectivity index (χ3n) is 3.91. The minimum atomic E-state index is 0.717. The number of hydrogen-bond donors (Lipinski definition) is 1. The zero-order valence-electron chi connectivity index (χ0n) is 10.9. The van der Waals surface area contributed by atoms with Gasteiger partial charge in [-0.1, -0.05) is 13.8 Å². The minimum absolute atomic E-state index is 0.717. The molecule has 0 radical (unpaired) electrons. The molecule has 0 amide bonds. The van der Waals surface area contributed by atoms with Crippen molar-refractivity contribution in [3.63, 3.8) is 0 Å². The molecule has 3 nitrogen and oxygen atoms in total. The van der Waals surface area contributed by atoms with Crippen molar-refractivity contribution in [2.24, 2.45) is 11.8 Å². The SMILES string of the molecule is COc1ccc(N)c(N2CCC(C)C(C)C2)c1. The second-order valence-corrected chi connectivity index (χ2v) is 5.11. The van der Waals surface area contributed by atoms with E-state index in [1.165, 1.54) is 6.42 Å². The topological polar surface area (TPSA) is 38.5 Å². The highest BCUT2D eigenvalue weighted by molar-refractivity contribution is 5.69. The van der Waals surface area contributed by atoms with Crippen molar-refractivity contribution < 1.29 is 4.74 Å². The second-order valence-electron chi connectivity index (χ2n) is 5.11. The van der Waals surface area contributed by atoms with Gasteiger partial charge in [0.15, 0.2) is 0 Å². The number of nitrogens with two attached hydrogens (primary N) is 1. The van der Waals surface area contributed by atoms with E-state index in [0.29, 0.717) is 5.92 Å². The molecule has 1 aromatic rings. The van der Waals surface area contributed by atoms with Gasteiger partial charge in [-0.05, 0) is 30.4 Å². The van der Waals surface area contributed by atoms with Crippen molar-refractivity contribution in [1.29, 1.82) is 0 Å². The lowest BCUT2D eigenvalue weighted by molar-refractivity contribution is 0.324. The van der Waals surface area contributed by atoms with Gasteiger partial charge in [0.25, 0.3) is 0 Å². The Morgan fingerprint density at radius 1 is 1.29 bits per heavy atom. The average Bonchev–Trinajstić information content (AvgIpc) is 2.33. The summed E-state index contributed by atoms with van der Waals surface area (Å²) in [6.07, 6.45) is 1.23. The van der Waals surface area contributed by atoms with E-state index < -0.39 is 0 Å². The van der Waals surface area contributed by atoms with Crippen LogP contribution in [-0.4, -0.2) is 20.2 Å². The van der Waals surface area contributed by atoms with E-state index in [1.807, 2.05) is 18.2 Å². The Bertz CT molecular complexity index is 392. The van der Waals surface area contributed by atoms with E-state index >= 15 is 0 Å². The van der Waals surface area contributed by atoms with Gasteiger partial charge in [-0.25, -0.2) is 0 Å². The number of nitrogen functional groups attached to an aromatic ring is 1. The predicted octanol–water partition coefficient (Wildman–Crippen LogP) is 2.76. The summed E-state index contributed by atoms with van der Waals surface area (Å²) >= 11 is 0. The molecule has 0 bridgehead atoms. The van der Waals surface area contributed by atoms with Crippen LogP contribution >= 0.6 is 0 Å². The molecule has 1 saturated heterocycles. The summed E-state index contributed by atoms with van der Waals surface area (Å²) in [5.74, 6) is 2.40. The Balaban J connectivity index is 2.21. The molecule has 0 spiro atoms. The largest absolute Gasteiger partial charge is 0.497 e. The van der Waals surface area contributed by atoms with Gasteiger partial charge in [-0.2, -0.15) is 0 Å². The first kappa shape index (κ1) is 12.1. The molecule has 0 aromatic heterocycles. The molecule has 3 heteroatoms. The number of benzene rings is 1. The van der Waals surface area contributed by atoms with Crippen molar-refractivity contribution in [3.05, 3.63) is 18.2 Å². The van der Waals surface area contributed by atoms with Crippen LogP contribution in [0.4, 0.5) is 11.4 Å². The number of ether oxygens (including phenoxy) is 1. The number of hydrogen-bond acceptors (Lipinski definition) is 3. The summed E-state index contributed by atoms with van der Waals surface area (Å²) in [6.45, 7) is 6.81. The van der Waals surface area contributed by atoms with Crippen molar-refractivity contribution in [2.45, 2.75) is 20.3 Å². The number of anilines is 2. The van der Waals surface area contributed by atoms with Gasteiger partial charge in [-0.15, -0.1) is 0 Å². The molecule has 17 heavy (non-hydrogen) atoms. The zero-order valence-corrected chi connectivity index (χ0v) is 10.9. The maximum absolute atomic E-state index is 6.06. The van der Waals surface area contributed by atoms with Gasteiger partial charge < -0.3 is 15.4 Å². The first-order valence-electron chi connectivity index (χ1n) is 6.30. The fourth-order valence-corrected chi connectivity index (χ4v) is 2.41. The highest BCUT2D eigenvalue weighted by atomic mass is 16.5. The number of methoxy groups -OCH3 is 1. The second kappa shape index (κ2) is 4.86. The molecule has 1 heterocycles. The Morgan fingerprint density at radius 2 is 2.06 bits per heavy atom. The molecule has 0 saturated carbocycles. The molecule has 2 atom stereocenters. The van der Waals surface area contributed by atoms with E-state index in [0.717, 1.165) is 36.1 Å². The third kappa shape index (κ3) is 2.48. The van der Waals surface area contributed by atoms with E-state index in [9.17, 15) is 0 Å². The fraction of sp³-hybridized carbons (Fsp3) is 0.571. The van der Waals surface area contributed by atoms with Crippen molar-refractivity contribution in [3.8, 4) is 5.75 Å². The summed E-state index contributed by atoms with van der Waals surface area (Å²) in [5.41, 5.74) is 8.01. The first-order chi connectivity index (χ1) is 8.11. The number of piperidine rings is 1. The lowest BCUT2D eigenvalue weighted by Gasteiger charge is -2.37. The normalized spacial score (nSPS) is 24.8. The smallest absolute Gasteiger partial charge is 0.121 e. The summed E-state index contributed by atoms with van der Waals surface area (Å²) in [5, 5.41) is 0. The number of rotatable bonds is 2. The standard InChI is InChI=1S/C14H22N2O/c1-10-6-7-16(9-11(10)2)14-8-12(17-3)4-5-13(14)15/h4-5,8,10-11H,6-7,9,15H2,1-3H3.